The van der Waals surface area contributed by atoms with E-state index in [9.17, 15) is 4.21 Å². The van der Waals surface area contributed by atoms with Gasteiger partial charge in [-0.25, -0.2) is 4.21 Å². The summed E-state index contributed by atoms with van der Waals surface area (Å²) in [5, 5.41) is 0.591. The first kappa shape index (κ1) is 10.5. The Balaban J connectivity index is 3.06. The number of aryl methyl sites for hydroxylation is 1. The first-order chi connectivity index (χ1) is 6.00. The zero-order valence-electron chi connectivity index (χ0n) is 7.30. The van der Waals surface area contributed by atoms with Crippen LogP contribution >= 0.6 is 11.6 Å². The summed E-state index contributed by atoms with van der Waals surface area (Å²) in [5.74, 6) is 0. The molecule has 0 spiro atoms. The normalized spacial score (nSPS) is 12.6. The Hall–Kier alpha value is -0.580. The van der Waals surface area contributed by atoms with Gasteiger partial charge in [-0.2, -0.15) is 0 Å². The molecule has 13 heavy (non-hydrogen) atoms. The zero-order chi connectivity index (χ0) is 10.0. The average molecular weight is 220 g/mol. The second kappa shape index (κ2) is 4.09. The van der Waals surface area contributed by atoms with E-state index in [1.165, 1.54) is 0 Å². The molecule has 2 N–H and O–H groups in total. The van der Waals surface area contributed by atoms with Crippen LogP contribution in [0.1, 0.15) is 11.1 Å². The lowest BCUT2D eigenvalue weighted by Gasteiger charge is -2.07. The van der Waals surface area contributed by atoms with Crippen molar-refractivity contribution in [3.8, 4) is 0 Å². The SMILES string of the molecule is Cc1cc(NS(=O)O)cc(Cl)c1C. The summed E-state index contributed by atoms with van der Waals surface area (Å²) >= 11 is 3.83. The molecule has 1 aromatic rings. The van der Waals surface area contributed by atoms with Gasteiger partial charge in [-0.1, -0.05) is 11.6 Å². The Kier molecular flexibility index (Phi) is 3.30. The average Bonchev–Trinajstić information content (AvgIpc) is 1.98. The van der Waals surface area contributed by atoms with Crippen LogP contribution in [0.15, 0.2) is 12.1 Å². The number of nitrogens with one attached hydrogen (secondary N) is 1. The van der Waals surface area contributed by atoms with Crippen LogP contribution in [-0.4, -0.2) is 8.76 Å². The summed E-state index contributed by atoms with van der Waals surface area (Å²) in [6, 6.07) is 3.40. The Morgan fingerprint density at radius 3 is 2.54 bits per heavy atom. The van der Waals surface area contributed by atoms with E-state index < -0.39 is 11.3 Å². The van der Waals surface area contributed by atoms with Crippen molar-refractivity contribution in [2.24, 2.45) is 0 Å². The van der Waals surface area contributed by atoms with Crippen LogP contribution in [0.3, 0.4) is 0 Å². The van der Waals surface area contributed by atoms with E-state index >= 15 is 0 Å². The van der Waals surface area contributed by atoms with E-state index in [0.29, 0.717) is 10.7 Å². The second-order valence-corrected chi connectivity index (χ2v) is 3.86. The van der Waals surface area contributed by atoms with Crippen LogP contribution in [0.4, 0.5) is 5.69 Å². The lowest BCUT2D eigenvalue weighted by molar-refractivity contribution is 0.570. The Morgan fingerprint density at radius 2 is 2.08 bits per heavy atom. The molecule has 0 fully saturated rings. The smallest absolute Gasteiger partial charge is 0.259 e. The van der Waals surface area contributed by atoms with Crippen molar-refractivity contribution in [1.29, 1.82) is 0 Å². The molecule has 1 atom stereocenters. The highest BCUT2D eigenvalue weighted by Crippen LogP contribution is 2.23. The number of hydrogen-bond acceptors (Lipinski definition) is 1. The molecular formula is C8H10ClNO2S. The molecular weight excluding hydrogens is 210 g/mol. The van der Waals surface area contributed by atoms with Crippen LogP contribution in [0, 0.1) is 13.8 Å². The maximum Gasteiger partial charge on any atom is 0.259 e. The minimum Gasteiger partial charge on any atom is -0.289 e. The molecule has 0 heterocycles. The molecule has 0 aliphatic heterocycles. The van der Waals surface area contributed by atoms with Crippen molar-refractivity contribution in [2.75, 3.05) is 4.72 Å². The lowest BCUT2D eigenvalue weighted by Crippen LogP contribution is -2.02. The first-order valence-corrected chi connectivity index (χ1v) is 5.13. The van der Waals surface area contributed by atoms with E-state index in [2.05, 4.69) is 4.72 Å². The molecule has 0 aromatic heterocycles. The monoisotopic (exact) mass is 219 g/mol. The number of rotatable bonds is 2. The molecule has 72 valence electrons. The van der Waals surface area contributed by atoms with E-state index in [-0.39, 0.29) is 0 Å². The molecule has 0 aliphatic carbocycles. The fraction of sp³-hybridized carbons (Fsp3) is 0.250. The maximum atomic E-state index is 10.4. The molecule has 0 saturated carbocycles. The fourth-order valence-corrected chi connectivity index (χ4v) is 1.56. The molecule has 3 nitrogen and oxygen atoms in total. The third-order valence-corrected chi connectivity index (χ3v) is 2.61. The second-order valence-electron chi connectivity index (χ2n) is 2.75. The topological polar surface area (TPSA) is 49.3 Å². The molecule has 0 amide bonds. The molecule has 0 bridgehead atoms. The Morgan fingerprint density at radius 1 is 1.46 bits per heavy atom. The van der Waals surface area contributed by atoms with E-state index in [1.54, 1.807) is 12.1 Å². The highest BCUT2D eigenvalue weighted by Gasteiger charge is 2.03. The predicted molar refractivity (Wildman–Crippen MR) is 55.3 cm³/mol. The van der Waals surface area contributed by atoms with Gasteiger partial charge in [0.15, 0.2) is 0 Å². The first-order valence-electron chi connectivity index (χ1n) is 3.65. The summed E-state index contributed by atoms with van der Waals surface area (Å²) in [6.45, 7) is 3.80. The number of halogens is 1. The van der Waals surface area contributed by atoms with E-state index in [4.69, 9.17) is 16.2 Å². The van der Waals surface area contributed by atoms with Gasteiger partial charge in [-0.15, -0.1) is 0 Å². The van der Waals surface area contributed by atoms with Gasteiger partial charge in [0, 0.05) is 5.02 Å². The van der Waals surface area contributed by atoms with Crippen molar-refractivity contribution >= 4 is 28.6 Å². The summed E-state index contributed by atoms with van der Waals surface area (Å²) < 4.78 is 21.4. The van der Waals surface area contributed by atoms with Gasteiger partial charge in [0.05, 0.1) is 5.69 Å². The molecule has 1 rings (SSSR count). The van der Waals surface area contributed by atoms with Crippen molar-refractivity contribution in [2.45, 2.75) is 13.8 Å². The third kappa shape index (κ3) is 2.69. The van der Waals surface area contributed by atoms with Crippen LogP contribution in [-0.2, 0) is 11.3 Å². The quantitative estimate of drug-likeness (QED) is 0.751. The van der Waals surface area contributed by atoms with E-state index in [1.807, 2.05) is 13.8 Å². The van der Waals surface area contributed by atoms with Crippen molar-refractivity contribution in [3.05, 3.63) is 28.3 Å². The van der Waals surface area contributed by atoms with Crippen molar-refractivity contribution in [1.82, 2.24) is 0 Å². The highest BCUT2D eigenvalue weighted by molar-refractivity contribution is 7.80. The van der Waals surface area contributed by atoms with Gasteiger partial charge in [0.1, 0.15) is 0 Å². The molecule has 5 heteroatoms. The maximum absolute atomic E-state index is 10.4. The van der Waals surface area contributed by atoms with Gasteiger partial charge in [0.25, 0.3) is 11.3 Å². The lowest BCUT2D eigenvalue weighted by atomic mass is 10.1. The Bertz CT molecular complexity index is 331. The van der Waals surface area contributed by atoms with Gasteiger partial charge < -0.3 is 0 Å². The molecule has 0 radical (unpaired) electrons. The van der Waals surface area contributed by atoms with Gasteiger partial charge in [-0.05, 0) is 37.1 Å². The van der Waals surface area contributed by atoms with Crippen LogP contribution in [0.2, 0.25) is 5.02 Å². The zero-order valence-corrected chi connectivity index (χ0v) is 8.87. The number of benzene rings is 1. The predicted octanol–water partition coefficient (Wildman–Crippen LogP) is 2.51. The van der Waals surface area contributed by atoms with Crippen molar-refractivity contribution in [3.63, 3.8) is 0 Å². The summed E-state index contributed by atoms with van der Waals surface area (Å²) in [6.07, 6.45) is 0. The summed E-state index contributed by atoms with van der Waals surface area (Å²) in [7, 11) is 0. The Labute approximate surface area is 84.5 Å². The summed E-state index contributed by atoms with van der Waals surface area (Å²) in [5.41, 5.74) is 2.52. The largest absolute Gasteiger partial charge is 0.289 e. The van der Waals surface area contributed by atoms with Crippen LogP contribution in [0.25, 0.3) is 0 Å². The number of hydrogen-bond donors (Lipinski definition) is 2. The van der Waals surface area contributed by atoms with Gasteiger partial charge in [-0.3, -0.25) is 9.27 Å². The van der Waals surface area contributed by atoms with E-state index in [0.717, 1.165) is 11.1 Å². The molecule has 0 saturated heterocycles. The molecule has 0 aliphatic rings. The standard InChI is InChI=1S/C8H10ClNO2S/c1-5-3-7(10-13(11)12)4-8(9)6(5)2/h3-4,10H,1-2H3,(H,11,12). The van der Waals surface area contributed by atoms with Crippen LogP contribution < -0.4 is 4.72 Å². The molecule has 1 unspecified atom stereocenters. The van der Waals surface area contributed by atoms with Gasteiger partial charge in [0.2, 0.25) is 0 Å². The fourth-order valence-electron chi connectivity index (χ4n) is 0.976. The van der Waals surface area contributed by atoms with Crippen molar-refractivity contribution < 1.29 is 8.76 Å². The van der Waals surface area contributed by atoms with Gasteiger partial charge >= 0.3 is 0 Å². The molecule has 1 aromatic carbocycles. The minimum atomic E-state index is -2.05. The number of anilines is 1. The summed E-state index contributed by atoms with van der Waals surface area (Å²) in [4.78, 5) is 0. The third-order valence-electron chi connectivity index (χ3n) is 1.81. The minimum absolute atomic E-state index is 0.550. The highest BCUT2D eigenvalue weighted by atomic mass is 35.5. The van der Waals surface area contributed by atoms with Crippen LogP contribution in [0.5, 0.6) is 0 Å².